The Labute approximate surface area is 233 Å². The molecule has 1 heterocycles. The van der Waals surface area contributed by atoms with Crippen LogP contribution >= 0.6 is 27.5 Å². The van der Waals surface area contributed by atoms with Crippen LogP contribution in [0.5, 0.6) is 11.5 Å². The first kappa shape index (κ1) is 27.3. The van der Waals surface area contributed by atoms with Gasteiger partial charge in [-0.1, -0.05) is 66.5 Å². The van der Waals surface area contributed by atoms with Gasteiger partial charge in [-0.2, -0.15) is 9.78 Å². The number of carbonyl (C=O) groups excluding carboxylic acids is 1. The van der Waals surface area contributed by atoms with Crippen LogP contribution in [0.15, 0.2) is 75.0 Å². The number of aromatic nitrogens is 2. The molecular weight excluding hydrogens is 572 g/mol. The third-order valence-corrected chi connectivity index (χ3v) is 6.23. The van der Waals surface area contributed by atoms with Gasteiger partial charge in [-0.15, -0.1) is 0 Å². The molecule has 0 aliphatic carbocycles. The molecule has 8 nitrogen and oxygen atoms in total. The Morgan fingerprint density at radius 1 is 1.16 bits per heavy atom. The summed E-state index contributed by atoms with van der Waals surface area (Å²) in [6.07, 6.45) is 1.50. The highest BCUT2D eigenvalue weighted by atomic mass is 79.9. The average molecular weight is 598 g/mol. The van der Waals surface area contributed by atoms with Crippen LogP contribution in [-0.2, 0) is 10.2 Å². The van der Waals surface area contributed by atoms with Crippen molar-refractivity contribution in [1.82, 2.24) is 9.66 Å². The van der Waals surface area contributed by atoms with E-state index in [1.54, 1.807) is 36.4 Å². The van der Waals surface area contributed by atoms with E-state index in [4.69, 9.17) is 26.1 Å². The van der Waals surface area contributed by atoms with E-state index in [1.807, 2.05) is 45.0 Å². The average Bonchev–Trinajstić information content (AvgIpc) is 2.87. The number of methoxy groups -OCH3 is 1. The molecule has 4 rings (SSSR count). The normalized spacial score (nSPS) is 11.6. The lowest BCUT2D eigenvalue weighted by Crippen LogP contribution is -2.29. The van der Waals surface area contributed by atoms with Crippen LogP contribution in [0, 0.1) is 0 Å². The Balaban J connectivity index is 1.63. The van der Waals surface area contributed by atoms with Gasteiger partial charge < -0.3 is 14.8 Å². The second-order valence-electron chi connectivity index (χ2n) is 9.45. The molecule has 0 aliphatic heterocycles. The summed E-state index contributed by atoms with van der Waals surface area (Å²) in [5.74, 6) is 0.704. The number of nitrogens with one attached hydrogen (secondary N) is 1. The Morgan fingerprint density at radius 2 is 1.89 bits per heavy atom. The van der Waals surface area contributed by atoms with Gasteiger partial charge >= 0.3 is 0 Å². The van der Waals surface area contributed by atoms with Crippen molar-refractivity contribution in [2.24, 2.45) is 5.10 Å². The largest absolute Gasteiger partial charge is 0.493 e. The van der Waals surface area contributed by atoms with Crippen LogP contribution in [-0.4, -0.2) is 35.5 Å². The van der Waals surface area contributed by atoms with Gasteiger partial charge in [0.2, 0.25) is 0 Å². The van der Waals surface area contributed by atoms with Crippen molar-refractivity contribution >= 4 is 56.2 Å². The molecule has 196 valence electrons. The van der Waals surface area contributed by atoms with Crippen molar-refractivity contribution in [3.63, 3.8) is 0 Å². The number of benzene rings is 3. The third-order valence-electron chi connectivity index (χ3n) is 5.46. The Kier molecular flexibility index (Phi) is 8.18. The molecule has 10 heteroatoms. The number of ether oxygens (including phenoxy) is 2. The van der Waals surface area contributed by atoms with Crippen LogP contribution < -0.4 is 20.3 Å². The first-order chi connectivity index (χ1) is 18.1. The summed E-state index contributed by atoms with van der Waals surface area (Å²) in [6, 6.07) is 17.7. The van der Waals surface area contributed by atoms with E-state index in [2.05, 4.69) is 26.3 Å². The number of carbonyl (C=O) groups is 1. The zero-order valence-corrected chi connectivity index (χ0v) is 23.6. The molecule has 0 bridgehead atoms. The number of hydrogen-bond donors (Lipinski definition) is 1. The summed E-state index contributed by atoms with van der Waals surface area (Å²) < 4.78 is 13.2. The highest BCUT2D eigenvalue weighted by molar-refractivity contribution is 9.10. The van der Waals surface area contributed by atoms with E-state index in [9.17, 15) is 9.59 Å². The second kappa shape index (κ2) is 11.4. The van der Waals surface area contributed by atoms with Gasteiger partial charge in [-0.3, -0.25) is 9.59 Å². The summed E-state index contributed by atoms with van der Waals surface area (Å²) in [4.78, 5) is 30.4. The fraction of sp³-hybridized carbons (Fsp3) is 0.214. The smallest absolute Gasteiger partial charge is 0.282 e. The standard InChI is InChI=1S/C28H26BrClN4O4/c1-28(2,3)27-33-22-11-10-18(29)14-20(22)26(36)34(27)31-15-17-12-21(30)25(23(13-17)37-4)38-16-24(35)32-19-8-6-5-7-9-19/h5-15H,16H2,1-4H3,(H,32,35). The lowest BCUT2D eigenvalue weighted by molar-refractivity contribution is -0.118. The molecule has 3 aromatic carbocycles. The number of para-hydroxylation sites is 1. The van der Waals surface area contributed by atoms with Gasteiger partial charge in [0.05, 0.1) is 29.2 Å². The lowest BCUT2D eigenvalue weighted by Gasteiger charge is -2.21. The fourth-order valence-electron chi connectivity index (χ4n) is 3.68. The minimum Gasteiger partial charge on any atom is -0.493 e. The maximum Gasteiger partial charge on any atom is 0.282 e. The Hall–Kier alpha value is -3.69. The molecule has 1 amide bonds. The summed E-state index contributed by atoms with van der Waals surface area (Å²) in [7, 11) is 1.47. The van der Waals surface area contributed by atoms with Crippen LogP contribution in [0.2, 0.25) is 5.02 Å². The summed E-state index contributed by atoms with van der Waals surface area (Å²) in [5.41, 5.74) is 1.07. The Morgan fingerprint density at radius 3 is 2.58 bits per heavy atom. The van der Waals surface area contributed by atoms with E-state index in [0.717, 1.165) is 4.47 Å². The molecule has 0 atom stereocenters. The predicted octanol–water partition coefficient (Wildman–Crippen LogP) is 6.02. The van der Waals surface area contributed by atoms with Crippen LogP contribution in [0.4, 0.5) is 5.69 Å². The molecule has 1 N–H and O–H groups in total. The SMILES string of the molecule is COc1cc(C=Nn2c(C(C)(C)C)nc3ccc(Br)cc3c2=O)cc(Cl)c1OCC(=O)Nc1ccccc1. The first-order valence-electron chi connectivity index (χ1n) is 11.7. The van der Waals surface area contributed by atoms with E-state index >= 15 is 0 Å². The van der Waals surface area contributed by atoms with Gasteiger partial charge in [0.25, 0.3) is 11.5 Å². The molecule has 0 spiro atoms. The molecule has 38 heavy (non-hydrogen) atoms. The van der Waals surface area contributed by atoms with Crippen LogP contribution in [0.25, 0.3) is 10.9 Å². The van der Waals surface area contributed by atoms with Crippen molar-refractivity contribution in [3.05, 3.63) is 91.9 Å². The van der Waals surface area contributed by atoms with Crippen molar-refractivity contribution in [3.8, 4) is 11.5 Å². The van der Waals surface area contributed by atoms with E-state index in [-0.39, 0.29) is 28.8 Å². The maximum absolute atomic E-state index is 13.4. The molecule has 4 aromatic rings. The Bertz CT molecular complexity index is 1580. The lowest BCUT2D eigenvalue weighted by atomic mass is 9.95. The monoisotopic (exact) mass is 596 g/mol. The van der Waals surface area contributed by atoms with Crippen molar-refractivity contribution in [1.29, 1.82) is 0 Å². The van der Waals surface area contributed by atoms with Gasteiger partial charge in [0.15, 0.2) is 18.1 Å². The quantitative estimate of drug-likeness (QED) is 0.263. The van der Waals surface area contributed by atoms with Crippen molar-refractivity contribution in [2.45, 2.75) is 26.2 Å². The zero-order chi connectivity index (χ0) is 27.4. The summed E-state index contributed by atoms with van der Waals surface area (Å²) >= 11 is 9.90. The number of anilines is 1. The molecule has 0 saturated heterocycles. The van der Waals surface area contributed by atoms with Crippen molar-refractivity contribution in [2.75, 3.05) is 19.0 Å². The molecule has 0 unspecified atom stereocenters. The van der Waals surface area contributed by atoms with Crippen LogP contribution in [0.3, 0.4) is 0 Å². The van der Waals surface area contributed by atoms with E-state index in [1.165, 1.54) is 18.0 Å². The highest BCUT2D eigenvalue weighted by Gasteiger charge is 2.23. The van der Waals surface area contributed by atoms with Crippen molar-refractivity contribution < 1.29 is 14.3 Å². The number of hydrogen-bond acceptors (Lipinski definition) is 6. The molecular formula is C28H26BrClN4O4. The summed E-state index contributed by atoms with van der Waals surface area (Å²) in [6.45, 7) is 5.63. The highest BCUT2D eigenvalue weighted by Crippen LogP contribution is 2.36. The number of nitrogens with zero attached hydrogens (tertiary/aromatic N) is 3. The third kappa shape index (κ3) is 6.23. The zero-order valence-electron chi connectivity index (χ0n) is 21.3. The molecule has 0 aliphatic rings. The maximum atomic E-state index is 13.4. The molecule has 0 radical (unpaired) electrons. The molecule has 1 aromatic heterocycles. The molecule has 0 fully saturated rings. The summed E-state index contributed by atoms with van der Waals surface area (Å²) in [5, 5.41) is 7.89. The van der Waals surface area contributed by atoms with Gasteiger partial charge in [-0.05, 0) is 48.0 Å². The minimum absolute atomic E-state index is 0.222. The topological polar surface area (TPSA) is 94.8 Å². The fourth-order valence-corrected chi connectivity index (χ4v) is 4.31. The minimum atomic E-state index is -0.453. The number of amides is 1. The van der Waals surface area contributed by atoms with Gasteiger partial charge in [-0.25, -0.2) is 4.98 Å². The first-order valence-corrected chi connectivity index (χ1v) is 12.9. The molecule has 0 saturated carbocycles. The van der Waals surface area contributed by atoms with Gasteiger partial charge in [0, 0.05) is 15.6 Å². The number of halogens is 2. The number of rotatable bonds is 7. The van der Waals surface area contributed by atoms with E-state index in [0.29, 0.717) is 33.7 Å². The second-order valence-corrected chi connectivity index (χ2v) is 10.8. The number of fused-ring (bicyclic) bond motifs is 1. The van der Waals surface area contributed by atoms with E-state index < -0.39 is 5.41 Å². The van der Waals surface area contributed by atoms with Crippen LogP contribution in [0.1, 0.15) is 32.2 Å². The van der Waals surface area contributed by atoms with Gasteiger partial charge in [0.1, 0.15) is 5.82 Å². The predicted molar refractivity (Wildman–Crippen MR) is 154 cm³/mol.